The average Bonchev–Trinajstić information content (AvgIpc) is 2.67. The molecule has 2 aromatic rings. The number of nitrogens with one attached hydrogen (secondary N) is 3. The van der Waals surface area contributed by atoms with Crippen LogP contribution < -0.4 is 16.0 Å². The summed E-state index contributed by atoms with van der Waals surface area (Å²) in [4.78, 5) is 34.8. The number of rotatable bonds is 9. The first-order valence-electron chi connectivity index (χ1n) is 8.67. The van der Waals surface area contributed by atoms with E-state index in [0.717, 1.165) is 0 Å². The molecule has 0 heterocycles. The Hall–Kier alpha value is -3.17. The van der Waals surface area contributed by atoms with Gasteiger partial charge in [-0.05, 0) is 36.8 Å². The molecule has 0 bridgehead atoms. The Balaban J connectivity index is 1.96. The van der Waals surface area contributed by atoms with Gasteiger partial charge < -0.3 is 20.7 Å². The van der Waals surface area contributed by atoms with Crippen molar-refractivity contribution in [1.82, 2.24) is 5.32 Å². The van der Waals surface area contributed by atoms with Crippen molar-refractivity contribution in [2.45, 2.75) is 6.92 Å². The summed E-state index contributed by atoms with van der Waals surface area (Å²) in [6.07, 6.45) is 0. The molecule has 2 amide bonds. The molecular weight excluding hydrogens is 400 g/mol. The van der Waals surface area contributed by atoms with E-state index in [1.807, 2.05) is 0 Å². The number of hydrogen-bond donors (Lipinski definition) is 3. The zero-order valence-electron chi connectivity index (χ0n) is 16.0. The largest absolute Gasteiger partial charge is 0.383 e. The maximum atomic E-state index is 12.1. The second kappa shape index (κ2) is 10.4. The summed E-state index contributed by atoms with van der Waals surface area (Å²) in [7, 11) is 1.53. The fourth-order valence-corrected chi connectivity index (χ4v) is 2.71. The first-order valence-corrected chi connectivity index (χ1v) is 9.05. The third-order valence-corrected chi connectivity index (χ3v) is 4.20. The standard InChI is InChI=1S/C19H21ClN4O5/c1-12-3-6-16(17(9-12)24(27)28)23-18(25)11-22-13-4-5-14(15(20)10-13)19(26)21-7-8-29-2/h3-6,9-10,22H,7-8,11H2,1-2H3,(H,21,26)(H,23,25). The molecule has 2 aromatic carbocycles. The SMILES string of the molecule is COCCNC(=O)c1ccc(NCC(=O)Nc2ccc(C)cc2[N+](=O)[O-])cc1Cl. The molecule has 0 aliphatic carbocycles. The minimum absolute atomic E-state index is 0.119. The van der Waals surface area contributed by atoms with Gasteiger partial charge in [0.1, 0.15) is 5.69 Å². The molecule has 0 unspecified atom stereocenters. The van der Waals surface area contributed by atoms with Crippen LogP contribution in [0.25, 0.3) is 0 Å². The van der Waals surface area contributed by atoms with Crippen molar-refractivity contribution < 1.29 is 19.2 Å². The molecule has 0 radical (unpaired) electrons. The fraction of sp³-hybridized carbons (Fsp3) is 0.263. The van der Waals surface area contributed by atoms with Gasteiger partial charge in [0.2, 0.25) is 5.91 Å². The molecule has 154 valence electrons. The van der Waals surface area contributed by atoms with Crippen molar-refractivity contribution in [3.63, 3.8) is 0 Å². The number of anilines is 2. The van der Waals surface area contributed by atoms with Gasteiger partial charge in [-0.25, -0.2) is 0 Å². The van der Waals surface area contributed by atoms with Crippen molar-refractivity contribution in [3.8, 4) is 0 Å². The summed E-state index contributed by atoms with van der Waals surface area (Å²) in [6.45, 7) is 2.33. The molecule has 0 aliphatic heterocycles. The van der Waals surface area contributed by atoms with E-state index < -0.39 is 10.8 Å². The highest BCUT2D eigenvalue weighted by Gasteiger charge is 2.16. The highest BCUT2D eigenvalue weighted by Crippen LogP contribution is 2.25. The smallest absolute Gasteiger partial charge is 0.293 e. The molecule has 3 N–H and O–H groups in total. The molecule has 0 saturated heterocycles. The quantitative estimate of drug-likeness (QED) is 0.325. The van der Waals surface area contributed by atoms with Gasteiger partial charge in [0, 0.05) is 25.4 Å². The zero-order valence-corrected chi connectivity index (χ0v) is 16.7. The van der Waals surface area contributed by atoms with Gasteiger partial charge in [-0.15, -0.1) is 0 Å². The van der Waals surface area contributed by atoms with E-state index in [1.54, 1.807) is 19.1 Å². The van der Waals surface area contributed by atoms with Crippen LogP contribution in [0.2, 0.25) is 5.02 Å². The minimum Gasteiger partial charge on any atom is -0.383 e. The number of nitrogens with zero attached hydrogens (tertiary/aromatic N) is 1. The molecule has 0 atom stereocenters. The lowest BCUT2D eigenvalue weighted by molar-refractivity contribution is -0.384. The number of benzene rings is 2. The Bertz CT molecular complexity index is 919. The number of halogens is 1. The minimum atomic E-state index is -0.549. The number of ether oxygens (including phenoxy) is 1. The Labute approximate surface area is 172 Å². The summed E-state index contributed by atoms with van der Waals surface area (Å²) in [6, 6.07) is 9.22. The third-order valence-electron chi connectivity index (χ3n) is 3.88. The van der Waals surface area contributed by atoms with E-state index in [0.29, 0.717) is 30.0 Å². The van der Waals surface area contributed by atoms with E-state index in [2.05, 4.69) is 16.0 Å². The Morgan fingerprint density at radius 1 is 1.21 bits per heavy atom. The highest BCUT2D eigenvalue weighted by molar-refractivity contribution is 6.34. The molecule has 2 rings (SSSR count). The van der Waals surface area contributed by atoms with Crippen molar-refractivity contribution in [3.05, 3.63) is 62.7 Å². The van der Waals surface area contributed by atoms with Gasteiger partial charge >= 0.3 is 0 Å². The van der Waals surface area contributed by atoms with Crippen molar-refractivity contribution in [2.24, 2.45) is 0 Å². The van der Waals surface area contributed by atoms with Gasteiger partial charge in [-0.1, -0.05) is 17.7 Å². The fourth-order valence-electron chi connectivity index (χ4n) is 2.45. The summed E-state index contributed by atoms with van der Waals surface area (Å²) in [5.41, 5.74) is 1.48. The van der Waals surface area contributed by atoms with Crippen molar-refractivity contribution in [2.75, 3.05) is 37.4 Å². The van der Waals surface area contributed by atoms with Crippen LogP contribution >= 0.6 is 11.6 Å². The van der Waals surface area contributed by atoms with Gasteiger partial charge in [-0.3, -0.25) is 19.7 Å². The van der Waals surface area contributed by atoms with E-state index in [1.165, 1.54) is 31.4 Å². The Kier molecular flexibility index (Phi) is 7.93. The first-order chi connectivity index (χ1) is 13.8. The molecule has 0 aliphatic rings. The molecule has 0 fully saturated rings. The van der Waals surface area contributed by atoms with Crippen LogP contribution in [0.4, 0.5) is 17.1 Å². The number of carbonyl (C=O) groups is 2. The molecule has 0 saturated carbocycles. The highest BCUT2D eigenvalue weighted by atomic mass is 35.5. The molecule has 10 heteroatoms. The number of amides is 2. The maximum Gasteiger partial charge on any atom is 0.293 e. The van der Waals surface area contributed by atoms with Crippen LogP contribution in [0, 0.1) is 17.0 Å². The monoisotopic (exact) mass is 420 g/mol. The topological polar surface area (TPSA) is 123 Å². The molecule has 0 aromatic heterocycles. The molecule has 29 heavy (non-hydrogen) atoms. The second-order valence-corrected chi connectivity index (χ2v) is 6.53. The summed E-state index contributed by atoms with van der Waals surface area (Å²) in [5.74, 6) is -0.794. The first kappa shape index (κ1) is 22.1. The lowest BCUT2D eigenvalue weighted by atomic mass is 10.2. The van der Waals surface area contributed by atoms with Crippen LogP contribution in [0.15, 0.2) is 36.4 Å². The van der Waals surface area contributed by atoms with Crippen LogP contribution in [0.1, 0.15) is 15.9 Å². The molecule has 0 spiro atoms. The average molecular weight is 421 g/mol. The van der Waals surface area contributed by atoms with Crippen molar-refractivity contribution in [1.29, 1.82) is 0 Å². The number of carbonyl (C=O) groups excluding carboxylic acids is 2. The van der Waals surface area contributed by atoms with E-state index in [4.69, 9.17) is 16.3 Å². The van der Waals surface area contributed by atoms with Crippen molar-refractivity contribution >= 4 is 40.5 Å². The number of nitro benzene ring substituents is 1. The lowest BCUT2D eigenvalue weighted by Gasteiger charge is -2.11. The zero-order chi connectivity index (χ0) is 21.4. The predicted molar refractivity (Wildman–Crippen MR) is 111 cm³/mol. The maximum absolute atomic E-state index is 12.1. The van der Waals surface area contributed by atoms with E-state index >= 15 is 0 Å². The normalized spacial score (nSPS) is 10.3. The predicted octanol–water partition coefficient (Wildman–Crippen LogP) is 2.98. The third kappa shape index (κ3) is 6.44. The number of aryl methyl sites for hydroxylation is 1. The summed E-state index contributed by atoms with van der Waals surface area (Å²) in [5, 5.41) is 19.4. The lowest BCUT2D eigenvalue weighted by Crippen LogP contribution is -2.27. The van der Waals surface area contributed by atoms with Crippen LogP contribution in [0.5, 0.6) is 0 Å². The van der Waals surface area contributed by atoms with Crippen LogP contribution in [-0.4, -0.2) is 43.5 Å². The van der Waals surface area contributed by atoms with Gasteiger partial charge in [0.25, 0.3) is 11.6 Å². The molecular formula is C19H21ClN4O5. The number of hydrogen-bond acceptors (Lipinski definition) is 6. The molecule has 9 nitrogen and oxygen atoms in total. The van der Waals surface area contributed by atoms with E-state index in [9.17, 15) is 19.7 Å². The summed E-state index contributed by atoms with van der Waals surface area (Å²) >= 11 is 6.14. The van der Waals surface area contributed by atoms with Crippen LogP contribution in [-0.2, 0) is 9.53 Å². The van der Waals surface area contributed by atoms with Gasteiger partial charge in [0.05, 0.1) is 28.7 Å². The number of methoxy groups -OCH3 is 1. The number of nitro groups is 1. The summed E-state index contributed by atoms with van der Waals surface area (Å²) < 4.78 is 4.87. The second-order valence-electron chi connectivity index (χ2n) is 6.12. The van der Waals surface area contributed by atoms with Gasteiger partial charge in [-0.2, -0.15) is 0 Å². The Morgan fingerprint density at radius 2 is 1.97 bits per heavy atom. The van der Waals surface area contributed by atoms with Crippen LogP contribution in [0.3, 0.4) is 0 Å². The van der Waals surface area contributed by atoms with E-state index in [-0.39, 0.29) is 28.8 Å². The Morgan fingerprint density at radius 3 is 2.62 bits per heavy atom. The van der Waals surface area contributed by atoms with Gasteiger partial charge in [0.15, 0.2) is 0 Å².